The van der Waals surface area contributed by atoms with Gasteiger partial charge in [-0.15, -0.1) is 0 Å². The molecule has 4 atom stereocenters. The number of imide groups is 1. The van der Waals surface area contributed by atoms with Gasteiger partial charge in [0.2, 0.25) is 11.8 Å². The van der Waals surface area contributed by atoms with E-state index in [0.29, 0.717) is 22.0 Å². The number of ketones is 1. The molecular formula is C29H21ClN2O5. The lowest BCUT2D eigenvalue weighted by Gasteiger charge is -2.36. The number of ether oxygens (including phenoxy) is 1. The predicted octanol–water partition coefficient (Wildman–Crippen LogP) is 4.54. The summed E-state index contributed by atoms with van der Waals surface area (Å²) in [4.78, 5) is 56.0. The molecule has 3 aliphatic heterocycles. The van der Waals surface area contributed by atoms with Crippen LogP contribution in [0.1, 0.15) is 22.8 Å². The molecule has 2 amide bonds. The maximum absolute atomic E-state index is 14.0. The molecular weight excluding hydrogens is 492 g/mol. The van der Waals surface area contributed by atoms with Crippen molar-refractivity contribution in [1.29, 1.82) is 0 Å². The van der Waals surface area contributed by atoms with Crippen molar-refractivity contribution < 1.29 is 23.9 Å². The number of Topliss-reactive ketones (excluding diaryl/α,β-unsaturated/α-hetero) is 1. The first kappa shape index (κ1) is 23.2. The average molecular weight is 513 g/mol. The molecule has 184 valence electrons. The number of carbonyl (C=O) groups is 4. The first-order valence-electron chi connectivity index (χ1n) is 11.9. The molecule has 6 rings (SSSR count). The number of nitrogens with zero attached hydrogens (tertiary/aromatic N) is 2. The molecule has 8 heteroatoms. The molecule has 3 aromatic carbocycles. The van der Waals surface area contributed by atoms with Crippen LogP contribution in [0.2, 0.25) is 5.02 Å². The highest BCUT2D eigenvalue weighted by Gasteiger charge is 2.64. The fraction of sp³-hybridized carbons (Fsp3) is 0.172. The number of amides is 2. The maximum Gasteiger partial charge on any atom is 0.308 e. The molecule has 3 aliphatic rings. The topological polar surface area (TPSA) is 84.0 Å². The van der Waals surface area contributed by atoms with Gasteiger partial charge >= 0.3 is 5.97 Å². The summed E-state index contributed by atoms with van der Waals surface area (Å²) >= 11 is 6.05. The number of halogens is 1. The van der Waals surface area contributed by atoms with Crippen molar-refractivity contribution in [2.75, 3.05) is 9.80 Å². The second-order valence-electron chi connectivity index (χ2n) is 9.28. The van der Waals surface area contributed by atoms with E-state index in [4.69, 9.17) is 16.3 Å². The van der Waals surface area contributed by atoms with Gasteiger partial charge in [0.25, 0.3) is 0 Å². The van der Waals surface area contributed by atoms with E-state index in [1.54, 1.807) is 36.4 Å². The van der Waals surface area contributed by atoms with E-state index in [-0.39, 0.29) is 11.7 Å². The van der Waals surface area contributed by atoms with E-state index in [1.807, 2.05) is 41.3 Å². The number of esters is 1. The predicted molar refractivity (Wildman–Crippen MR) is 139 cm³/mol. The quantitative estimate of drug-likeness (QED) is 0.221. The number of carbonyl (C=O) groups excluding carboxylic acids is 4. The van der Waals surface area contributed by atoms with Gasteiger partial charge in [-0.3, -0.25) is 19.2 Å². The number of benzene rings is 3. The molecule has 0 radical (unpaired) electrons. The molecule has 0 unspecified atom stereocenters. The Labute approximate surface area is 217 Å². The van der Waals surface area contributed by atoms with Gasteiger partial charge in [0.05, 0.1) is 23.6 Å². The summed E-state index contributed by atoms with van der Waals surface area (Å²) in [6, 6.07) is 19.1. The molecule has 37 heavy (non-hydrogen) atoms. The third-order valence-corrected chi connectivity index (χ3v) is 7.42. The second kappa shape index (κ2) is 8.71. The van der Waals surface area contributed by atoms with Crippen LogP contribution in [0.3, 0.4) is 0 Å². The lowest BCUT2D eigenvalue weighted by molar-refractivity contribution is -0.132. The Kier molecular flexibility index (Phi) is 5.46. The van der Waals surface area contributed by atoms with Crippen molar-refractivity contribution in [2.24, 2.45) is 11.8 Å². The van der Waals surface area contributed by atoms with Gasteiger partial charge in [0, 0.05) is 23.2 Å². The molecule has 3 heterocycles. The number of fused-ring (bicyclic) bond motifs is 5. The number of hydrogen-bond donors (Lipinski definition) is 0. The molecule has 0 aliphatic carbocycles. The standard InChI is InChI=1S/C29H21ClN2O5/c1-16(33)37-21-13-11-20(12-14-21)31-28(35)24-23-15-8-17-4-2-3-5-22(17)32(23)26(25(24)29(31)36)27(34)18-6-9-19(30)10-7-18/h2-15,23-26H,1H3/t23-,24-,25-,26-/m0/s1. The summed E-state index contributed by atoms with van der Waals surface area (Å²) in [6.07, 6.45) is 3.85. The molecule has 0 N–H and O–H groups in total. The molecule has 2 saturated heterocycles. The number of hydrogen-bond acceptors (Lipinski definition) is 6. The minimum Gasteiger partial charge on any atom is -0.427 e. The normalized spacial score (nSPS) is 23.5. The third kappa shape index (κ3) is 3.65. The number of para-hydroxylation sites is 1. The van der Waals surface area contributed by atoms with Gasteiger partial charge in [-0.05, 0) is 60.2 Å². The smallest absolute Gasteiger partial charge is 0.308 e. The minimum absolute atomic E-state index is 0.243. The third-order valence-electron chi connectivity index (χ3n) is 7.17. The summed E-state index contributed by atoms with van der Waals surface area (Å²) in [7, 11) is 0. The average Bonchev–Trinajstić information content (AvgIpc) is 3.37. The maximum atomic E-state index is 14.0. The fourth-order valence-electron chi connectivity index (χ4n) is 5.68. The molecule has 2 fully saturated rings. The monoisotopic (exact) mass is 512 g/mol. The Bertz CT molecular complexity index is 1480. The first-order valence-corrected chi connectivity index (χ1v) is 12.2. The lowest BCUT2D eigenvalue weighted by Crippen LogP contribution is -2.48. The van der Waals surface area contributed by atoms with Gasteiger partial charge < -0.3 is 9.64 Å². The van der Waals surface area contributed by atoms with Crippen LogP contribution in [0.4, 0.5) is 11.4 Å². The molecule has 3 aromatic rings. The summed E-state index contributed by atoms with van der Waals surface area (Å²) < 4.78 is 5.07. The van der Waals surface area contributed by atoms with Crippen molar-refractivity contribution in [1.82, 2.24) is 0 Å². The Morgan fingerprint density at radius 3 is 2.24 bits per heavy atom. The highest BCUT2D eigenvalue weighted by atomic mass is 35.5. The van der Waals surface area contributed by atoms with Crippen LogP contribution in [0.25, 0.3) is 6.08 Å². The van der Waals surface area contributed by atoms with Crippen molar-refractivity contribution in [3.05, 3.63) is 95.0 Å². The van der Waals surface area contributed by atoms with Gasteiger partial charge in [0.15, 0.2) is 5.78 Å². The van der Waals surface area contributed by atoms with E-state index in [1.165, 1.54) is 19.1 Å². The number of anilines is 2. The first-order chi connectivity index (χ1) is 17.8. The van der Waals surface area contributed by atoms with Crippen LogP contribution in [0.15, 0.2) is 78.9 Å². The molecule has 0 spiro atoms. The van der Waals surface area contributed by atoms with Gasteiger partial charge in [-0.25, -0.2) is 4.90 Å². The van der Waals surface area contributed by atoms with Crippen molar-refractivity contribution in [3.8, 4) is 5.75 Å². The largest absolute Gasteiger partial charge is 0.427 e. The Morgan fingerprint density at radius 2 is 1.54 bits per heavy atom. The molecule has 0 bridgehead atoms. The highest BCUT2D eigenvalue weighted by molar-refractivity contribution is 6.30. The van der Waals surface area contributed by atoms with Crippen LogP contribution < -0.4 is 14.5 Å². The Hall–Kier alpha value is -4.23. The molecule has 0 saturated carbocycles. The van der Waals surface area contributed by atoms with E-state index >= 15 is 0 Å². The van der Waals surface area contributed by atoms with Crippen LogP contribution in [0.5, 0.6) is 5.75 Å². The zero-order chi connectivity index (χ0) is 25.8. The zero-order valence-corrected chi connectivity index (χ0v) is 20.5. The molecule has 0 aromatic heterocycles. The second-order valence-corrected chi connectivity index (χ2v) is 9.72. The summed E-state index contributed by atoms with van der Waals surface area (Å²) in [5, 5.41) is 0.500. The van der Waals surface area contributed by atoms with E-state index < -0.39 is 35.8 Å². The van der Waals surface area contributed by atoms with Crippen molar-refractivity contribution >= 4 is 52.6 Å². The fourth-order valence-corrected chi connectivity index (χ4v) is 5.81. The summed E-state index contributed by atoms with van der Waals surface area (Å²) in [5.74, 6) is -2.79. The lowest BCUT2D eigenvalue weighted by atomic mass is 9.86. The van der Waals surface area contributed by atoms with Gasteiger partial charge in [-0.2, -0.15) is 0 Å². The Balaban J connectivity index is 1.43. The van der Waals surface area contributed by atoms with Crippen LogP contribution in [0, 0.1) is 11.8 Å². The Morgan fingerprint density at radius 1 is 0.865 bits per heavy atom. The minimum atomic E-state index is -0.871. The SMILES string of the molecule is CC(=O)Oc1ccc(N2C(=O)[C@@H]3[C@H](C2=O)[C@@H](C(=O)c2ccc(Cl)cc2)N2c4ccccc4C=C[C@@H]32)cc1. The van der Waals surface area contributed by atoms with Crippen LogP contribution >= 0.6 is 11.6 Å². The summed E-state index contributed by atoms with van der Waals surface area (Å²) in [6.45, 7) is 1.29. The van der Waals surface area contributed by atoms with Gasteiger partial charge in [0.1, 0.15) is 11.8 Å². The number of rotatable bonds is 4. The summed E-state index contributed by atoms with van der Waals surface area (Å²) in [5.41, 5.74) is 2.52. The molecule has 7 nitrogen and oxygen atoms in total. The van der Waals surface area contributed by atoms with E-state index in [9.17, 15) is 19.2 Å². The van der Waals surface area contributed by atoms with Crippen LogP contribution in [-0.4, -0.2) is 35.7 Å². The van der Waals surface area contributed by atoms with E-state index in [2.05, 4.69) is 0 Å². The zero-order valence-electron chi connectivity index (χ0n) is 19.7. The van der Waals surface area contributed by atoms with E-state index in [0.717, 1.165) is 16.2 Å². The van der Waals surface area contributed by atoms with Crippen molar-refractivity contribution in [2.45, 2.75) is 19.0 Å². The highest BCUT2D eigenvalue weighted by Crippen LogP contribution is 2.49. The van der Waals surface area contributed by atoms with Gasteiger partial charge in [-0.1, -0.05) is 42.0 Å². The van der Waals surface area contributed by atoms with Crippen LogP contribution in [-0.2, 0) is 14.4 Å². The van der Waals surface area contributed by atoms with Crippen molar-refractivity contribution in [3.63, 3.8) is 0 Å².